The molecular weight excluding hydrogens is 436 g/mol. The van der Waals surface area contributed by atoms with E-state index in [9.17, 15) is 14.0 Å². The van der Waals surface area contributed by atoms with Crippen molar-refractivity contribution in [2.45, 2.75) is 91.9 Å². The Morgan fingerprint density at radius 3 is 2.40 bits per heavy atom. The molecule has 0 heterocycles. The van der Waals surface area contributed by atoms with Crippen molar-refractivity contribution in [3.05, 3.63) is 82.5 Å². The van der Waals surface area contributed by atoms with Crippen molar-refractivity contribution in [3.8, 4) is 6.07 Å². The van der Waals surface area contributed by atoms with Gasteiger partial charge in [0.25, 0.3) is 0 Å². The lowest BCUT2D eigenvalue weighted by atomic mass is 9.79. The van der Waals surface area contributed by atoms with E-state index >= 15 is 0 Å². The molecule has 1 saturated carbocycles. The lowest BCUT2D eigenvalue weighted by Gasteiger charge is -2.30. The van der Waals surface area contributed by atoms with E-state index in [1.165, 1.54) is 16.7 Å². The van der Waals surface area contributed by atoms with E-state index < -0.39 is 5.92 Å². The van der Waals surface area contributed by atoms with Crippen LogP contribution in [0.4, 0.5) is 8.78 Å². The summed E-state index contributed by atoms with van der Waals surface area (Å²) in [6.45, 7) is 19.2. The van der Waals surface area contributed by atoms with E-state index in [2.05, 4.69) is 65.2 Å². The molecule has 0 aliphatic heterocycles. The van der Waals surface area contributed by atoms with Crippen LogP contribution in [0, 0.1) is 29.1 Å². The molecule has 0 spiro atoms. The first-order chi connectivity index (χ1) is 16.5. The zero-order valence-electron chi connectivity index (χ0n) is 22.4. The highest BCUT2D eigenvalue weighted by Crippen LogP contribution is 2.39. The fourth-order valence-electron chi connectivity index (χ4n) is 5.42. The van der Waals surface area contributed by atoms with E-state index in [1.54, 1.807) is 0 Å². The van der Waals surface area contributed by atoms with Crippen LogP contribution in [0.3, 0.4) is 0 Å². The molecule has 35 heavy (non-hydrogen) atoms. The van der Waals surface area contributed by atoms with Crippen molar-refractivity contribution < 1.29 is 8.78 Å². The molecule has 3 heteroatoms. The van der Waals surface area contributed by atoms with Crippen LogP contribution >= 0.6 is 0 Å². The van der Waals surface area contributed by atoms with E-state index in [1.807, 2.05) is 19.1 Å². The summed E-state index contributed by atoms with van der Waals surface area (Å²) >= 11 is 0. The van der Waals surface area contributed by atoms with E-state index in [-0.39, 0.29) is 18.8 Å². The molecule has 0 aromatic carbocycles. The van der Waals surface area contributed by atoms with Crippen LogP contribution < -0.4 is 0 Å². The summed E-state index contributed by atoms with van der Waals surface area (Å²) in [5.74, 6) is -1.54. The van der Waals surface area contributed by atoms with Crippen LogP contribution in [0.2, 0.25) is 0 Å². The molecule has 0 saturated heterocycles. The van der Waals surface area contributed by atoms with Gasteiger partial charge in [-0.3, -0.25) is 0 Å². The molecule has 2 unspecified atom stereocenters. The minimum Gasteiger partial charge on any atom is -0.207 e. The highest BCUT2D eigenvalue weighted by atomic mass is 19.3. The smallest absolute Gasteiger partial charge is 0.207 e. The van der Waals surface area contributed by atoms with Gasteiger partial charge in [-0.05, 0) is 88.4 Å². The van der Waals surface area contributed by atoms with E-state index in [0.717, 1.165) is 42.4 Å². The predicted octanol–water partition coefficient (Wildman–Crippen LogP) is 9.99. The second kappa shape index (κ2) is 13.0. The second-order valence-corrected chi connectivity index (χ2v) is 10.7. The largest absolute Gasteiger partial charge is 0.248 e. The van der Waals surface area contributed by atoms with Crippen LogP contribution in [0.15, 0.2) is 82.5 Å². The van der Waals surface area contributed by atoms with Gasteiger partial charge < -0.3 is 0 Å². The number of allylic oxidation sites excluding steroid dienone is 12. The molecule has 0 amide bonds. The first-order valence-corrected chi connectivity index (χ1v) is 13.0. The van der Waals surface area contributed by atoms with Gasteiger partial charge in [-0.15, -0.1) is 0 Å². The highest BCUT2D eigenvalue weighted by molar-refractivity contribution is 5.52. The van der Waals surface area contributed by atoms with Crippen LogP contribution in [-0.2, 0) is 0 Å². The molecule has 1 nitrogen and oxygen atoms in total. The average Bonchev–Trinajstić information content (AvgIpc) is 2.79. The lowest BCUT2D eigenvalue weighted by Crippen LogP contribution is -2.25. The average molecular weight is 480 g/mol. The molecule has 2 aliphatic rings. The third-order valence-corrected chi connectivity index (χ3v) is 7.35. The van der Waals surface area contributed by atoms with Gasteiger partial charge >= 0.3 is 0 Å². The number of alkyl halides is 2. The van der Waals surface area contributed by atoms with E-state index in [4.69, 9.17) is 0 Å². The topological polar surface area (TPSA) is 23.8 Å². The van der Waals surface area contributed by atoms with Crippen molar-refractivity contribution in [2.24, 2.45) is 17.8 Å². The molecular formula is C32H43F2N. The van der Waals surface area contributed by atoms with Gasteiger partial charge in [0, 0.05) is 24.3 Å². The van der Waals surface area contributed by atoms with Gasteiger partial charge in [-0.1, -0.05) is 73.6 Å². The Hall–Kier alpha value is -2.47. The molecule has 0 radical (unpaired) electrons. The number of hydrogen-bond acceptors (Lipinski definition) is 1. The fourth-order valence-corrected chi connectivity index (χ4v) is 5.42. The first kappa shape index (κ1) is 28.8. The van der Waals surface area contributed by atoms with Crippen molar-refractivity contribution in [3.63, 3.8) is 0 Å². The third kappa shape index (κ3) is 8.92. The number of nitrogens with zero attached hydrogens (tertiary/aromatic N) is 1. The number of hydrogen-bond donors (Lipinski definition) is 0. The van der Waals surface area contributed by atoms with Gasteiger partial charge in [0.05, 0.1) is 6.07 Å². The minimum absolute atomic E-state index is 0.0216. The maximum absolute atomic E-state index is 13.6. The molecule has 0 aromatic heterocycles. The van der Waals surface area contributed by atoms with Gasteiger partial charge in [0.1, 0.15) is 0 Å². The number of halogens is 2. The van der Waals surface area contributed by atoms with Gasteiger partial charge in [0.2, 0.25) is 5.92 Å². The molecule has 1 fully saturated rings. The van der Waals surface area contributed by atoms with Crippen LogP contribution in [0.5, 0.6) is 0 Å². The summed E-state index contributed by atoms with van der Waals surface area (Å²) < 4.78 is 27.2. The van der Waals surface area contributed by atoms with Crippen molar-refractivity contribution in [2.75, 3.05) is 0 Å². The zero-order valence-corrected chi connectivity index (χ0v) is 22.4. The van der Waals surface area contributed by atoms with Crippen LogP contribution in [0.25, 0.3) is 0 Å². The summed E-state index contributed by atoms with van der Waals surface area (Å²) in [6, 6.07) is 2.23. The van der Waals surface area contributed by atoms with Gasteiger partial charge in [0.15, 0.2) is 0 Å². The summed E-state index contributed by atoms with van der Waals surface area (Å²) in [4.78, 5) is 0. The monoisotopic (exact) mass is 479 g/mol. The Kier molecular flexibility index (Phi) is 10.7. The predicted molar refractivity (Wildman–Crippen MR) is 145 cm³/mol. The standard InChI is InChI=1S/C32H43F2N/c1-8-25(6)31(22(2)3)26(7)17-23(4)19-30(29-11-9-28(21-35)10-12-29)20-24(5)18-27-13-15-32(33,34)16-14-27/h9-11,17,20,24,27,29H,2,7-8,12-16,18-19H2,1,3-6H3/b23-17-,30-20+,31-25+. The normalized spacial score (nSPS) is 22.7. The Bertz CT molecular complexity index is 983. The SMILES string of the molecule is C=C(C)/C(C(=C)/C=C(/C)C/C(=C\C(C)CC1CCC(F)(F)CC1)C1C=CC(C#N)=CC1)=C(/C)CC. The number of nitriles is 1. The molecule has 2 atom stereocenters. The van der Waals surface area contributed by atoms with Crippen LogP contribution in [-0.4, -0.2) is 5.92 Å². The molecule has 2 aliphatic carbocycles. The van der Waals surface area contributed by atoms with Crippen LogP contribution in [0.1, 0.15) is 86.0 Å². The minimum atomic E-state index is -2.48. The summed E-state index contributed by atoms with van der Waals surface area (Å²) in [5, 5.41) is 9.22. The highest BCUT2D eigenvalue weighted by Gasteiger charge is 2.35. The van der Waals surface area contributed by atoms with Gasteiger partial charge in [-0.25, -0.2) is 8.78 Å². The molecule has 190 valence electrons. The summed E-state index contributed by atoms with van der Waals surface area (Å²) in [5.41, 5.74) is 7.75. The summed E-state index contributed by atoms with van der Waals surface area (Å²) in [6.07, 6.45) is 15.4. The van der Waals surface area contributed by atoms with Crippen molar-refractivity contribution >= 4 is 0 Å². The summed E-state index contributed by atoms with van der Waals surface area (Å²) in [7, 11) is 0. The molecule has 2 rings (SSSR count). The van der Waals surface area contributed by atoms with Gasteiger partial charge in [-0.2, -0.15) is 5.26 Å². The van der Waals surface area contributed by atoms with E-state index in [0.29, 0.717) is 30.3 Å². The Labute approximate surface area is 212 Å². The quantitative estimate of drug-likeness (QED) is 0.226. The maximum Gasteiger partial charge on any atom is 0.248 e. The second-order valence-electron chi connectivity index (χ2n) is 10.7. The molecule has 0 aromatic rings. The Morgan fingerprint density at radius 1 is 1.23 bits per heavy atom. The van der Waals surface area contributed by atoms with Crippen molar-refractivity contribution in [1.29, 1.82) is 5.26 Å². The number of rotatable bonds is 10. The first-order valence-electron chi connectivity index (χ1n) is 13.0. The maximum atomic E-state index is 13.6. The Balaban J connectivity index is 2.23. The lowest BCUT2D eigenvalue weighted by molar-refractivity contribution is -0.0473. The zero-order chi connectivity index (χ0) is 26.2. The fraction of sp³-hybridized carbons (Fsp3) is 0.531. The third-order valence-electron chi connectivity index (χ3n) is 7.35. The van der Waals surface area contributed by atoms with Crippen molar-refractivity contribution in [1.82, 2.24) is 0 Å². The Morgan fingerprint density at radius 2 is 1.89 bits per heavy atom. The molecule has 0 bridgehead atoms. The molecule has 0 N–H and O–H groups in total.